The summed E-state index contributed by atoms with van der Waals surface area (Å²) in [5.41, 5.74) is 1.90. The van der Waals surface area contributed by atoms with E-state index in [1.54, 1.807) is 11.0 Å². The van der Waals surface area contributed by atoms with Crippen LogP contribution in [0.3, 0.4) is 0 Å². The number of carbonyl (C=O) groups excluding carboxylic acids is 1. The number of piperidine rings is 1. The van der Waals surface area contributed by atoms with Crippen LogP contribution in [0.2, 0.25) is 5.02 Å². The lowest BCUT2D eigenvalue weighted by molar-refractivity contribution is 0.0709. The van der Waals surface area contributed by atoms with E-state index in [-0.39, 0.29) is 28.2 Å². The first kappa shape index (κ1) is 17.0. The van der Waals surface area contributed by atoms with Crippen molar-refractivity contribution in [3.05, 3.63) is 70.4 Å². The summed E-state index contributed by atoms with van der Waals surface area (Å²) in [7, 11) is 0. The van der Waals surface area contributed by atoms with Gasteiger partial charge in [-0.2, -0.15) is 0 Å². The van der Waals surface area contributed by atoms with Gasteiger partial charge in [0.2, 0.25) is 0 Å². The monoisotopic (exact) mass is 374 g/mol. The van der Waals surface area contributed by atoms with E-state index >= 15 is 0 Å². The number of H-pyrrole nitrogens is 1. The van der Waals surface area contributed by atoms with Crippen molar-refractivity contribution in [2.45, 2.75) is 18.8 Å². The van der Waals surface area contributed by atoms with Crippen molar-refractivity contribution >= 4 is 28.4 Å². The fourth-order valence-corrected chi connectivity index (χ4v) is 3.95. The van der Waals surface area contributed by atoms with E-state index in [2.05, 4.69) is 4.98 Å². The van der Waals surface area contributed by atoms with Gasteiger partial charge in [0.15, 0.2) is 0 Å². The Bertz CT molecular complexity index is 957. The van der Waals surface area contributed by atoms with E-state index in [0.717, 1.165) is 29.3 Å². The standard InChI is InChI=1S/C20H17ClF2N2O/c21-16-2-1-3-17(23)19(16)20(26)25-8-6-12(7-9-25)15-11-24-18-5-4-13(22)10-14(15)18/h1-5,10-12,24H,6-9H2. The summed E-state index contributed by atoms with van der Waals surface area (Å²) in [6.45, 7) is 1.02. The van der Waals surface area contributed by atoms with Crippen molar-refractivity contribution < 1.29 is 13.6 Å². The number of aromatic nitrogens is 1. The molecule has 1 aliphatic heterocycles. The van der Waals surface area contributed by atoms with Crippen molar-refractivity contribution in [2.24, 2.45) is 0 Å². The molecule has 3 nitrogen and oxygen atoms in total. The molecule has 2 heterocycles. The second kappa shape index (κ2) is 6.72. The number of rotatable bonds is 2. The summed E-state index contributed by atoms with van der Waals surface area (Å²) in [4.78, 5) is 17.4. The van der Waals surface area contributed by atoms with Crippen LogP contribution in [0.25, 0.3) is 10.9 Å². The van der Waals surface area contributed by atoms with Crippen molar-refractivity contribution in [1.29, 1.82) is 0 Å². The highest BCUT2D eigenvalue weighted by molar-refractivity contribution is 6.33. The molecule has 4 rings (SSSR count). The Morgan fingerprint density at radius 1 is 1.15 bits per heavy atom. The minimum Gasteiger partial charge on any atom is -0.361 e. The molecule has 6 heteroatoms. The van der Waals surface area contributed by atoms with Crippen LogP contribution in [0.5, 0.6) is 0 Å². The Balaban J connectivity index is 1.52. The minimum atomic E-state index is -0.600. The largest absolute Gasteiger partial charge is 0.361 e. The number of hydrogen-bond donors (Lipinski definition) is 1. The van der Waals surface area contributed by atoms with Crippen molar-refractivity contribution in [1.82, 2.24) is 9.88 Å². The molecular formula is C20H17ClF2N2O. The van der Waals surface area contributed by atoms with E-state index in [1.165, 1.54) is 30.3 Å². The van der Waals surface area contributed by atoms with Crippen LogP contribution in [0, 0.1) is 11.6 Å². The third-order valence-electron chi connectivity index (χ3n) is 5.07. The molecule has 0 spiro atoms. The van der Waals surface area contributed by atoms with E-state index in [0.29, 0.717) is 13.1 Å². The molecule has 0 aliphatic carbocycles. The Hall–Kier alpha value is -2.40. The Labute approximate surface area is 154 Å². The van der Waals surface area contributed by atoms with Gasteiger partial charge in [-0.3, -0.25) is 4.79 Å². The number of likely N-dealkylation sites (tertiary alicyclic amines) is 1. The fourth-order valence-electron chi connectivity index (χ4n) is 3.71. The van der Waals surface area contributed by atoms with E-state index in [4.69, 9.17) is 11.6 Å². The van der Waals surface area contributed by atoms with Crippen LogP contribution in [0.1, 0.15) is 34.7 Å². The van der Waals surface area contributed by atoms with Gasteiger partial charge in [-0.05, 0) is 54.7 Å². The predicted octanol–water partition coefficient (Wildman–Crippen LogP) is 5.12. The molecule has 1 fully saturated rings. The SMILES string of the molecule is O=C(c1c(F)cccc1Cl)N1CCC(c2c[nH]c3ccc(F)cc23)CC1. The number of carbonyl (C=O) groups is 1. The van der Waals surface area contributed by atoms with Crippen LogP contribution in [0.4, 0.5) is 8.78 Å². The second-order valence-electron chi connectivity index (χ2n) is 6.60. The number of halogens is 3. The van der Waals surface area contributed by atoms with Gasteiger partial charge >= 0.3 is 0 Å². The van der Waals surface area contributed by atoms with Crippen LogP contribution >= 0.6 is 11.6 Å². The number of nitrogens with zero attached hydrogens (tertiary/aromatic N) is 1. The molecule has 1 N–H and O–H groups in total. The van der Waals surface area contributed by atoms with Gasteiger partial charge < -0.3 is 9.88 Å². The molecule has 0 radical (unpaired) electrons. The van der Waals surface area contributed by atoms with Gasteiger partial charge in [-0.15, -0.1) is 0 Å². The lowest BCUT2D eigenvalue weighted by atomic mass is 9.89. The first-order valence-electron chi connectivity index (χ1n) is 8.54. The Morgan fingerprint density at radius 2 is 1.92 bits per heavy atom. The summed E-state index contributed by atoms with van der Waals surface area (Å²) < 4.78 is 27.6. The number of aromatic amines is 1. The van der Waals surface area contributed by atoms with E-state index in [1.807, 2.05) is 6.20 Å². The maximum atomic E-state index is 14.0. The molecule has 1 amide bonds. The van der Waals surface area contributed by atoms with Crippen LogP contribution in [-0.4, -0.2) is 28.9 Å². The number of amides is 1. The van der Waals surface area contributed by atoms with Gasteiger partial charge in [0.1, 0.15) is 11.6 Å². The smallest absolute Gasteiger partial charge is 0.258 e. The number of hydrogen-bond acceptors (Lipinski definition) is 1. The quantitative estimate of drug-likeness (QED) is 0.664. The first-order chi connectivity index (χ1) is 12.5. The molecule has 2 aromatic carbocycles. The van der Waals surface area contributed by atoms with Crippen molar-refractivity contribution in [3.8, 4) is 0 Å². The zero-order valence-electron chi connectivity index (χ0n) is 13.9. The second-order valence-corrected chi connectivity index (χ2v) is 7.00. The average molecular weight is 375 g/mol. The Morgan fingerprint density at radius 3 is 2.65 bits per heavy atom. The number of nitrogens with one attached hydrogen (secondary N) is 1. The van der Waals surface area contributed by atoms with Crippen LogP contribution < -0.4 is 0 Å². The van der Waals surface area contributed by atoms with Crippen molar-refractivity contribution in [3.63, 3.8) is 0 Å². The third-order valence-corrected chi connectivity index (χ3v) is 5.39. The lowest BCUT2D eigenvalue weighted by Crippen LogP contribution is -2.38. The molecule has 1 aromatic heterocycles. The normalized spacial score (nSPS) is 15.6. The zero-order chi connectivity index (χ0) is 18.3. The first-order valence-corrected chi connectivity index (χ1v) is 8.92. The van der Waals surface area contributed by atoms with Gasteiger partial charge in [0, 0.05) is 30.2 Å². The van der Waals surface area contributed by atoms with Crippen LogP contribution in [0.15, 0.2) is 42.6 Å². The van der Waals surface area contributed by atoms with Crippen LogP contribution in [-0.2, 0) is 0 Å². The fraction of sp³-hybridized carbons (Fsp3) is 0.250. The number of benzene rings is 2. The summed E-state index contributed by atoms with van der Waals surface area (Å²) in [6.07, 6.45) is 3.39. The molecule has 26 heavy (non-hydrogen) atoms. The summed E-state index contributed by atoms with van der Waals surface area (Å²) in [6, 6.07) is 8.95. The molecule has 134 valence electrons. The molecule has 3 aromatic rings. The maximum Gasteiger partial charge on any atom is 0.258 e. The molecule has 1 saturated heterocycles. The molecule has 1 aliphatic rings. The summed E-state index contributed by atoms with van der Waals surface area (Å²) >= 11 is 6.01. The highest BCUT2D eigenvalue weighted by atomic mass is 35.5. The molecule has 0 unspecified atom stereocenters. The summed E-state index contributed by atoms with van der Waals surface area (Å²) in [5, 5.41) is 1.01. The molecule has 0 saturated carbocycles. The molecule has 0 bridgehead atoms. The van der Waals surface area contributed by atoms with Gasteiger partial charge in [0.05, 0.1) is 10.6 Å². The summed E-state index contributed by atoms with van der Waals surface area (Å²) in [5.74, 6) is -1.01. The third kappa shape index (κ3) is 2.97. The van der Waals surface area contributed by atoms with E-state index < -0.39 is 5.82 Å². The maximum absolute atomic E-state index is 14.0. The highest BCUT2D eigenvalue weighted by Gasteiger charge is 2.28. The average Bonchev–Trinajstić information content (AvgIpc) is 3.04. The zero-order valence-corrected chi connectivity index (χ0v) is 14.7. The predicted molar refractivity (Wildman–Crippen MR) is 97.5 cm³/mol. The lowest BCUT2D eigenvalue weighted by Gasteiger charge is -2.32. The van der Waals surface area contributed by atoms with Crippen molar-refractivity contribution in [2.75, 3.05) is 13.1 Å². The van der Waals surface area contributed by atoms with Gasteiger partial charge in [-0.25, -0.2) is 8.78 Å². The molecule has 0 atom stereocenters. The molecular weight excluding hydrogens is 358 g/mol. The topological polar surface area (TPSA) is 36.1 Å². The minimum absolute atomic E-state index is 0.0678. The number of fused-ring (bicyclic) bond motifs is 1. The van der Waals surface area contributed by atoms with Gasteiger partial charge in [-0.1, -0.05) is 17.7 Å². The van der Waals surface area contributed by atoms with Gasteiger partial charge in [0.25, 0.3) is 5.91 Å². The highest BCUT2D eigenvalue weighted by Crippen LogP contribution is 2.34. The Kier molecular flexibility index (Phi) is 4.41. The van der Waals surface area contributed by atoms with E-state index in [9.17, 15) is 13.6 Å².